The number of hydrogen-bond donors (Lipinski definition) is 1. The van der Waals surface area contributed by atoms with E-state index in [4.69, 9.17) is 11.0 Å². The second kappa shape index (κ2) is 5.52. The molecule has 0 aliphatic carbocycles. The molecular formula is C13H10FN3S. The van der Waals surface area contributed by atoms with Crippen LogP contribution in [0.15, 0.2) is 41.6 Å². The van der Waals surface area contributed by atoms with Crippen molar-refractivity contribution in [1.82, 2.24) is 4.98 Å². The quantitative estimate of drug-likeness (QED) is 0.861. The number of rotatable bonds is 3. The Morgan fingerprint density at radius 2 is 2.22 bits per heavy atom. The van der Waals surface area contributed by atoms with Crippen molar-refractivity contribution in [3.05, 3.63) is 53.6 Å². The second-order valence-electron chi connectivity index (χ2n) is 3.59. The molecule has 0 fully saturated rings. The van der Waals surface area contributed by atoms with E-state index in [1.165, 1.54) is 17.8 Å². The van der Waals surface area contributed by atoms with Crippen LogP contribution in [0.5, 0.6) is 0 Å². The van der Waals surface area contributed by atoms with Gasteiger partial charge in [-0.3, -0.25) is 4.98 Å². The number of nitrogen functional groups attached to an aromatic ring is 1. The fraction of sp³-hybridized carbons (Fsp3) is 0.0769. The zero-order valence-electron chi connectivity index (χ0n) is 9.43. The summed E-state index contributed by atoms with van der Waals surface area (Å²) in [6.07, 6.45) is 3.20. The highest BCUT2D eigenvalue weighted by Crippen LogP contribution is 2.28. The summed E-state index contributed by atoms with van der Waals surface area (Å²) in [7, 11) is 0. The minimum Gasteiger partial charge on any atom is -0.397 e. The van der Waals surface area contributed by atoms with Gasteiger partial charge in [0.2, 0.25) is 0 Å². The Morgan fingerprint density at radius 1 is 1.39 bits per heavy atom. The van der Waals surface area contributed by atoms with Crippen molar-refractivity contribution < 1.29 is 4.39 Å². The lowest BCUT2D eigenvalue weighted by Gasteiger charge is -2.06. The van der Waals surface area contributed by atoms with Gasteiger partial charge in [0.1, 0.15) is 11.9 Å². The fourth-order valence-corrected chi connectivity index (χ4v) is 2.37. The van der Waals surface area contributed by atoms with E-state index in [0.717, 1.165) is 4.90 Å². The predicted molar refractivity (Wildman–Crippen MR) is 69.3 cm³/mol. The van der Waals surface area contributed by atoms with Gasteiger partial charge in [-0.25, -0.2) is 4.39 Å². The van der Waals surface area contributed by atoms with E-state index in [1.54, 1.807) is 30.6 Å². The number of benzene rings is 1. The van der Waals surface area contributed by atoms with Gasteiger partial charge in [0.05, 0.1) is 17.4 Å². The van der Waals surface area contributed by atoms with Gasteiger partial charge in [-0.05, 0) is 17.7 Å². The molecule has 1 aromatic heterocycles. The molecular weight excluding hydrogens is 249 g/mol. The summed E-state index contributed by atoms with van der Waals surface area (Å²) in [5, 5.41) is 8.75. The SMILES string of the molecule is N#Cc1cccc(CSc2ccncc2N)c1F. The third-order valence-corrected chi connectivity index (χ3v) is 3.53. The molecule has 0 amide bonds. The lowest BCUT2D eigenvalue weighted by molar-refractivity contribution is 0.613. The maximum absolute atomic E-state index is 13.8. The maximum Gasteiger partial charge on any atom is 0.144 e. The van der Waals surface area contributed by atoms with Gasteiger partial charge in [-0.1, -0.05) is 12.1 Å². The summed E-state index contributed by atoms with van der Waals surface area (Å²) in [6.45, 7) is 0. The van der Waals surface area contributed by atoms with Crippen LogP contribution < -0.4 is 5.73 Å². The Balaban J connectivity index is 2.17. The molecule has 0 spiro atoms. The first-order valence-electron chi connectivity index (χ1n) is 5.22. The van der Waals surface area contributed by atoms with Gasteiger partial charge < -0.3 is 5.73 Å². The molecule has 0 aliphatic rings. The molecule has 1 heterocycles. The molecule has 0 atom stereocenters. The van der Waals surface area contributed by atoms with E-state index in [2.05, 4.69) is 4.98 Å². The van der Waals surface area contributed by atoms with Gasteiger partial charge in [-0.15, -0.1) is 11.8 Å². The molecule has 1 aromatic carbocycles. The van der Waals surface area contributed by atoms with Crippen LogP contribution in [-0.2, 0) is 5.75 Å². The van der Waals surface area contributed by atoms with Crippen LogP contribution in [-0.4, -0.2) is 4.98 Å². The highest BCUT2D eigenvalue weighted by Gasteiger charge is 2.08. The monoisotopic (exact) mass is 259 g/mol. The van der Waals surface area contributed by atoms with Crippen molar-refractivity contribution in [2.45, 2.75) is 10.6 Å². The van der Waals surface area contributed by atoms with Crippen molar-refractivity contribution in [2.24, 2.45) is 0 Å². The first-order valence-corrected chi connectivity index (χ1v) is 6.20. The summed E-state index contributed by atoms with van der Waals surface area (Å²) in [6, 6.07) is 8.41. The number of aromatic nitrogens is 1. The molecule has 0 unspecified atom stereocenters. The van der Waals surface area contributed by atoms with Gasteiger partial charge >= 0.3 is 0 Å². The number of nitriles is 1. The molecule has 0 saturated carbocycles. The Bertz CT molecular complexity index is 607. The summed E-state index contributed by atoms with van der Waals surface area (Å²) in [5.41, 5.74) is 6.88. The Labute approximate surface area is 108 Å². The van der Waals surface area contributed by atoms with E-state index in [0.29, 0.717) is 17.0 Å². The van der Waals surface area contributed by atoms with Crippen LogP contribution >= 0.6 is 11.8 Å². The van der Waals surface area contributed by atoms with E-state index < -0.39 is 5.82 Å². The lowest BCUT2D eigenvalue weighted by Crippen LogP contribution is -1.93. The molecule has 0 saturated heterocycles. The third-order valence-electron chi connectivity index (χ3n) is 2.39. The number of thioether (sulfide) groups is 1. The first kappa shape index (κ1) is 12.4. The van der Waals surface area contributed by atoms with Gasteiger partial charge in [0, 0.05) is 16.8 Å². The van der Waals surface area contributed by atoms with E-state index >= 15 is 0 Å². The largest absolute Gasteiger partial charge is 0.397 e. The topological polar surface area (TPSA) is 62.7 Å². The first-order chi connectivity index (χ1) is 8.72. The number of anilines is 1. The Kier molecular flexibility index (Phi) is 3.80. The van der Waals surface area contributed by atoms with Crippen LogP contribution in [0.2, 0.25) is 0 Å². The van der Waals surface area contributed by atoms with E-state index in [-0.39, 0.29) is 5.56 Å². The maximum atomic E-state index is 13.8. The number of hydrogen-bond acceptors (Lipinski definition) is 4. The number of halogens is 1. The van der Waals surface area contributed by atoms with Crippen molar-refractivity contribution >= 4 is 17.4 Å². The van der Waals surface area contributed by atoms with E-state index in [9.17, 15) is 4.39 Å². The second-order valence-corrected chi connectivity index (χ2v) is 4.61. The number of pyridine rings is 1. The van der Waals surface area contributed by atoms with Gasteiger partial charge in [-0.2, -0.15) is 5.26 Å². The minimum atomic E-state index is -0.458. The zero-order valence-corrected chi connectivity index (χ0v) is 10.2. The smallest absolute Gasteiger partial charge is 0.144 e. The number of nitrogens with zero attached hydrogens (tertiary/aromatic N) is 2. The molecule has 90 valence electrons. The minimum absolute atomic E-state index is 0.0656. The van der Waals surface area contributed by atoms with Crippen molar-refractivity contribution in [3.63, 3.8) is 0 Å². The lowest BCUT2D eigenvalue weighted by atomic mass is 10.1. The standard InChI is InChI=1S/C13H10FN3S/c14-13-9(6-15)2-1-3-10(13)8-18-12-4-5-17-7-11(12)16/h1-5,7H,8,16H2. The average molecular weight is 259 g/mol. The number of nitrogens with two attached hydrogens (primary N) is 1. The van der Waals surface area contributed by atoms with E-state index in [1.807, 2.05) is 6.07 Å². The Morgan fingerprint density at radius 3 is 2.94 bits per heavy atom. The van der Waals surface area contributed by atoms with Crippen LogP contribution in [0.3, 0.4) is 0 Å². The normalized spacial score (nSPS) is 10.0. The Hall–Kier alpha value is -2.06. The molecule has 2 aromatic rings. The average Bonchev–Trinajstić information content (AvgIpc) is 2.39. The van der Waals surface area contributed by atoms with Crippen molar-refractivity contribution in [1.29, 1.82) is 5.26 Å². The van der Waals surface area contributed by atoms with Gasteiger partial charge in [0.15, 0.2) is 0 Å². The highest BCUT2D eigenvalue weighted by molar-refractivity contribution is 7.98. The molecule has 5 heteroatoms. The molecule has 0 bridgehead atoms. The van der Waals surface area contributed by atoms with Crippen LogP contribution in [0.4, 0.5) is 10.1 Å². The predicted octanol–water partition coefficient (Wildman–Crippen LogP) is 2.97. The molecule has 2 rings (SSSR count). The van der Waals surface area contributed by atoms with Crippen molar-refractivity contribution in [2.75, 3.05) is 5.73 Å². The summed E-state index contributed by atoms with van der Waals surface area (Å²) in [5.74, 6) is -0.0321. The fourth-order valence-electron chi connectivity index (χ4n) is 1.46. The molecule has 0 aliphatic heterocycles. The molecule has 18 heavy (non-hydrogen) atoms. The highest BCUT2D eigenvalue weighted by atomic mass is 32.2. The summed E-state index contributed by atoms with van der Waals surface area (Å²) >= 11 is 1.42. The molecule has 0 radical (unpaired) electrons. The summed E-state index contributed by atoms with van der Waals surface area (Å²) in [4.78, 5) is 4.74. The third kappa shape index (κ3) is 2.60. The molecule has 2 N–H and O–H groups in total. The van der Waals surface area contributed by atoms with Crippen LogP contribution in [0.25, 0.3) is 0 Å². The molecule has 3 nitrogen and oxygen atoms in total. The van der Waals surface area contributed by atoms with Gasteiger partial charge in [0.25, 0.3) is 0 Å². The zero-order chi connectivity index (χ0) is 13.0. The van der Waals surface area contributed by atoms with Crippen molar-refractivity contribution in [3.8, 4) is 6.07 Å². The summed E-state index contributed by atoms with van der Waals surface area (Å²) < 4.78 is 13.8. The van der Waals surface area contributed by atoms with Crippen LogP contribution in [0.1, 0.15) is 11.1 Å². The van der Waals surface area contributed by atoms with Crippen LogP contribution in [0, 0.1) is 17.1 Å².